The highest BCUT2D eigenvalue weighted by molar-refractivity contribution is 5.83. The van der Waals surface area contributed by atoms with Crippen molar-refractivity contribution < 1.29 is 9.53 Å². The Bertz CT molecular complexity index is 252. The van der Waals surface area contributed by atoms with Gasteiger partial charge in [-0.2, -0.15) is 0 Å². The Hall–Kier alpha value is -1.57. The number of carbonyl (C=O) groups excluding carboxylic acids is 1. The van der Waals surface area contributed by atoms with Crippen LogP contribution in [-0.2, 0) is 4.79 Å². The number of esters is 1. The number of rotatable bonds is 2. The van der Waals surface area contributed by atoms with Crippen LogP contribution in [0.3, 0.4) is 0 Å². The maximum Gasteiger partial charge on any atom is 0.335 e. The van der Waals surface area contributed by atoms with Crippen LogP contribution in [0.2, 0.25) is 0 Å². The fraction of sp³-hybridized carbons (Fsp3) is 0. The third kappa shape index (κ3) is 2.26. The molecule has 2 heteroatoms. The van der Waals surface area contributed by atoms with Crippen molar-refractivity contribution in [3.05, 3.63) is 43.0 Å². The third-order valence-electron chi connectivity index (χ3n) is 1.06. The van der Waals surface area contributed by atoms with Crippen molar-refractivity contribution in [3.63, 3.8) is 0 Å². The summed E-state index contributed by atoms with van der Waals surface area (Å²) in [7, 11) is 0. The highest BCUT2D eigenvalue weighted by atomic mass is 16.5. The summed E-state index contributed by atoms with van der Waals surface area (Å²) in [4.78, 5) is 10.6. The monoisotopic (exact) mass is 147 g/mol. The van der Waals surface area contributed by atoms with Crippen molar-refractivity contribution in [1.82, 2.24) is 0 Å². The molecule has 0 fully saturated rings. The Kier molecular flexibility index (Phi) is 2.44. The number of hydrogen-bond donors (Lipinski definition) is 0. The number of hydrogen-bond acceptors (Lipinski definition) is 2. The van der Waals surface area contributed by atoms with E-state index >= 15 is 0 Å². The van der Waals surface area contributed by atoms with Crippen molar-refractivity contribution in [1.29, 1.82) is 0 Å². The molecule has 0 saturated heterocycles. The van der Waals surface area contributed by atoms with E-state index in [1.54, 1.807) is 24.3 Å². The number of para-hydroxylation sites is 1. The standard InChI is InChI=1S/C9H7O2/c1-2-9(10)11-8-6-4-3-5-7-8/h2-6H,1H2. The normalized spacial score (nSPS) is 8.73. The Labute approximate surface area is 65.1 Å². The smallest absolute Gasteiger partial charge is 0.335 e. The molecule has 1 aromatic carbocycles. The van der Waals surface area contributed by atoms with E-state index in [-0.39, 0.29) is 0 Å². The molecule has 0 bridgehead atoms. The molecule has 55 valence electrons. The quantitative estimate of drug-likeness (QED) is 0.360. The molecule has 1 aromatic rings. The van der Waals surface area contributed by atoms with Gasteiger partial charge in [0.1, 0.15) is 5.75 Å². The fourth-order valence-electron chi connectivity index (χ4n) is 0.590. The first-order valence-corrected chi connectivity index (χ1v) is 3.14. The second-order valence-electron chi connectivity index (χ2n) is 1.85. The molecule has 0 aromatic heterocycles. The second kappa shape index (κ2) is 3.56. The Morgan fingerprint density at radius 3 is 3.00 bits per heavy atom. The molecular weight excluding hydrogens is 140 g/mol. The molecule has 0 aliphatic rings. The van der Waals surface area contributed by atoms with Gasteiger partial charge >= 0.3 is 5.97 Å². The van der Waals surface area contributed by atoms with Gasteiger partial charge in [-0.3, -0.25) is 0 Å². The van der Waals surface area contributed by atoms with Crippen molar-refractivity contribution in [2.75, 3.05) is 0 Å². The van der Waals surface area contributed by atoms with E-state index in [0.717, 1.165) is 6.08 Å². The van der Waals surface area contributed by atoms with Gasteiger partial charge in [0.15, 0.2) is 0 Å². The van der Waals surface area contributed by atoms with Gasteiger partial charge in [-0.25, -0.2) is 4.79 Å². The van der Waals surface area contributed by atoms with Crippen LogP contribution in [0, 0.1) is 6.07 Å². The first-order chi connectivity index (χ1) is 5.33. The summed E-state index contributed by atoms with van der Waals surface area (Å²) < 4.78 is 4.75. The Morgan fingerprint density at radius 1 is 1.64 bits per heavy atom. The van der Waals surface area contributed by atoms with Crippen LogP contribution in [0.25, 0.3) is 0 Å². The van der Waals surface area contributed by atoms with E-state index < -0.39 is 5.97 Å². The van der Waals surface area contributed by atoms with Gasteiger partial charge in [0.2, 0.25) is 0 Å². The van der Waals surface area contributed by atoms with Gasteiger partial charge < -0.3 is 4.74 Å². The molecule has 1 radical (unpaired) electrons. The van der Waals surface area contributed by atoms with Crippen molar-refractivity contribution in [2.45, 2.75) is 0 Å². The van der Waals surface area contributed by atoms with Gasteiger partial charge in [0.25, 0.3) is 0 Å². The first-order valence-electron chi connectivity index (χ1n) is 3.14. The Balaban J connectivity index is 2.65. The predicted octanol–water partition coefficient (Wildman–Crippen LogP) is 1.58. The minimum atomic E-state index is -0.465. The SMILES string of the molecule is C=CC(=O)Oc1[c]cccc1. The summed E-state index contributed by atoms with van der Waals surface area (Å²) in [5, 5.41) is 0. The molecule has 0 aliphatic heterocycles. The lowest BCUT2D eigenvalue weighted by molar-refractivity contribution is -0.128. The molecule has 0 unspecified atom stereocenters. The zero-order valence-corrected chi connectivity index (χ0v) is 5.91. The van der Waals surface area contributed by atoms with E-state index in [1.807, 2.05) is 0 Å². The molecule has 1 rings (SSSR count). The molecule has 2 nitrogen and oxygen atoms in total. The lowest BCUT2D eigenvalue weighted by atomic mass is 10.3. The highest BCUT2D eigenvalue weighted by Gasteiger charge is 1.96. The average Bonchev–Trinajstić information content (AvgIpc) is 2.06. The Morgan fingerprint density at radius 2 is 2.45 bits per heavy atom. The molecule has 0 amide bonds. The minimum Gasteiger partial charge on any atom is -0.423 e. The minimum absolute atomic E-state index is 0.414. The highest BCUT2D eigenvalue weighted by Crippen LogP contribution is 2.06. The van der Waals surface area contributed by atoms with Gasteiger partial charge in [0.05, 0.1) is 0 Å². The first kappa shape index (κ1) is 7.54. The molecule has 0 N–H and O–H groups in total. The molecular formula is C9H7O2. The number of carbonyl (C=O) groups is 1. The van der Waals surface area contributed by atoms with Crippen molar-refractivity contribution in [2.24, 2.45) is 0 Å². The van der Waals surface area contributed by atoms with E-state index in [1.165, 1.54) is 0 Å². The lowest BCUT2D eigenvalue weighted by Gasteiger charge is -1.97. The summed E-state index contributed by atoms with van der Waals surface area (Å²) in [6.07, 6.45) is 1.11. The van der Waals surface area contributed by atoms with Crippen LogP contribution in [0.1, 0.15) is 0 Å². The van der Waals surface area contributed by atoms with Crippen LogP contribution >= 0.6 is 0 Å². The van der Waals surface area contributed by atoms with Crippen LogP contribution in [0.15, 0.2) is 36.9 Å². The zero-order chi connectivity index (χ0) is 8.10. The van der Waals surface area contributed by atoms with Crippen LogP contribution in [-0.4, -0.2) is 5.97 Å². The van der Waals surface area contributed by atoms with Crippen LogP contribution < -0.4 is 4.74 Å². The summed E-state index contributed by atoms with van der Waals surface area (Å²) >= 11 is 0. The number of ether oxygens (including phenoxy) is 1. The molecule has 0 heterocycles. The van der Waals surface area contributed by atoms with Crippen molar-refractivity contribution >= 4 is 5.97 Å². The summed E-state index contributed by atoms with van der Waals surface area (Å²) in [5.41, 5.74) is 0. The summed E-state index contributed by atoms with van der Waals surface area (Å²) in [5.74, 6) is -0.0511. The molecule has 0 saturated carbocycles. The topological polar surface area (TPSA) is 26.3 Å². The average molecular weight is 147 g/mol. The fourth-order valence-corrected chi connectivity index (χ4v) is 0.590. The largest absolute Gasteiger partial charge is 0.423 e. The maximum atomic E-state index is 10.6. The van der Waals surface area contributed by atoms with E-state index in [9.17, 15) is 4.79 Å². The van der Waals surface area contributed by atoms with E-state index in [2.05, 4.69) is 12.6 Å². The van der Waals surface area contributed by atoms with Crippen LogP contribution in [0.5, 0.6) is 5.75 Å². The molecule has 0 aliphatic carbocycles. The van der Waals surface area contributed by atoms with Crippen molar-refractivity contribution in [3.8, 4) is 5.75 Å². The molecule has 0 atom stereocenters. The van der Waals surface area contributed by atoms with E-state index in [0.29, 0.717) is 5.75 Å². The maximum absolute atomic E-state index is 10.6. The van der Waals surface area contributed by atoms with E-state index in [4.69, 9.17) is 4.74 Å². The summed E-state index contributed by atoms with van der Waals surface area (Å²) in [6.45, 7) is 3.27. The summed E-state index contributed by atoms with van der Waals surface area (Å²) in [6, 6.07) is 9.63. The van der Waals surface area contributed by atoms with Gasteiger partial charge in [0, 0.05) is 12.1 Å². The van der Waals surface area contributed by atoms with Crippen LogP contribution in [0.4, 0.5) is 0 Å². The van der Waals surface area contributed by atoms with Gasteiger partial charge in [-0.1, -0.05) is 24.8 Å². The lowest BCUT2D eigenvalue weighted by Crippen LogP contribution is -2.02. The molecule has 11 heavy (non-hydrogen) atoms. The van der Waals surface area contributed by atoms with Gasteiger partial charge in [-0.15, -0.1) is 0 Å². The third-order valence-corrected chi connectivity index (χ3v) is 1.06. The van der Waals surface area contributed by atoms with Gasteiger partial charge in [-0.05, 0) is 6.07 Å². The molecule has 0 spiro atoms. The second-order valence-corrected chi connectivity index (χ2v) is 1.85. The predicted molar refractivity (Wildman–Crippen MR) is 41.1 cm³/mol. The zero-order valence-electron chi connectivity index (χ0n) is 5.91. The number of benzene rings is 1.